The molecule has 2 rings (SSSR count). The third-order valence-electron chi connectivity index (χ3n) is 2.72. The molecule has 0 radical (unpaired) electrons. The first-order valence-electron chi connectivity index (χ1n) is 6.31. The van der Waals surface area contributed by atoms with E-state index in [2.05, 4.69) is 53.8 Å². The molecule has 3 nitrogen and oxygen atoms in total. The summed E-state index contributed by atoms with van der Waals surface area (Å²) in [6, 6.07) is 4.69. The van der Waals surface area contributed by atoms with Crippen molar-refractivity contribution in [1.82, 2.24) is 9.97 Å². The molecule has 0 saturated heterocycles. The summed E-state index contributed by atoms with van der Waals surface area (Å²) in [7, 11) is 0. The topological polar surface area (TPSA) is 37.8 Å². The molecular formula is C14H14BrFIN3. The lowest BCUT2D eigenvalue weighted by Gasteiger charge is -2.11. The van der Waals surface area contributed by atoms with Gasteiger partial charge >= 0.3 is 0 Å². The van der Waals surface area contributed by atoms with Crippen LogP contribution in [0, 0.1) is 9.39 Å². The predicted molar refractivity (Wildman–Crippen MR) is 91.4 cm³/mol. The molecule has 0 saturated carbocycles. The molecular weight excluding hydrogens is 436 g/mol. The minimum Gasteiger partial charge on any atom is -0.369 e. The Morgan fingerprint density at radius 2 is 2.00 bits per heavy atom. The lowest BCUT2D eigenvalue weighted by molar-refractivity contribution is 0.627. The molecule has 0 aliphatic carbocycles. The van der Waals surface area contributed by atoms with Gasteiger partial charge in [-0.1, -0.05) is 22.9 Å². The third-order valence-corrected chi connectivity index (χ3v) is 4.31. The second-order valence-corrected chi connectivity index (χ2v) is 6.19. The van der Waals surface area contributed by atoms with Gasteiger partial charge in [0, 0.05) is 16.6 Å². The number of hydrogen-bond donors (Lipinski definition) is 1. The molecule has 0 atom stereocenters. The normalized spacial score (nSPS) is 10.7. The SMILES string of the molecule is CCNc1nc(-c2cc(F)cc(Br)c2)nc(CC)c1I. The lowest BCUT2D eigenvalue weighted by atomic mass is 10.2. The molecule has 0 bridgehead atoms. The van der Waals surface area contributed by atoms with Crippen molar-refractivity contribution in [3.63, 3.8) is 0 Å². The van der Waals surface area contributed by atoms with Gasteiger partial charge < -0.3 is 5.32 Å². The maximum Gasteiger partial charge on any atom is 0.161 e. The maximum atomic E-state index is 13.5. The first-order valence-corrected chi connectivity index (χ1v) is 8.19. The molecule has 20 heavy (non-hydrogen) atoms. The minimum absolute atomic E-state index is 0.306. The van der Waals surface area contributed by atoms with Crippen LogP contribution in [0.15, 0.2) is 22.7 Å². The van der Waals surface area contributed by atoms with Crippen LogP contribution in [0.3, 0.4) is 0 Å². The fourth-order valence-corrected chi connectivity index (χ4v) is 3.10. The van der Waals surface area contributed by atoms with Gasteiger partial charge in [0.2, 0.25) is 0 Å². The first kappa shape index (κ1) is 15.6. The fraction of sp³-hybridized carbons (Fsp3) is 0.286. The quantitative estimate of drug-likeness (QED) is 0.690. The number of aryl methyl sites for hydroxylation is 1. The number of anilines is 1. The molecule has 1 heterocycles. The first-order chi connectivity index (χ1) is 9.55. The van der Waals surface area contributed by atoms with Crippen molar-refractivity contribution in [2.75, 3.05) is 11.9 Å². The van der Waals surface area contributed by atoms with Crippen LogP contribution in [-0.4, -0.2) is 16.5 Å². The van der Waals surface area contributed by atoms with Crippen molar-refractivity contribution in [1.29, 1.82) is 0 Å². The van der Waals surface area contributed by atoms with Crippen LogP contribution in [-0.2, 0) is 6.42 Å². The summed E-state index contributed by atoms with van der Waals surface area (Å²) < 4.78 is 15.2. The molecule has 1 aromatic heterocycles. The van der Waals surface area contributed by atoms with E-state index in [1.165, 1.54) is 12.1 Å². The fourth-order valence-electron chi connectivity index (χ4n) is 1.82. The van der Waals surface area contributed by atoms with Gasteiger partial charge in [-0.25, -0.2) is 14.4 Å². The summed E-state index contributed by atoms with van der Waals surface area (Å²) in [6.45, 7) is 4.84. The van der Waals surface area contributed by atoms with Crippen LogP contribution in [0.1, 0.15) is 19.5 Å². The van der Waals surface area contributed by atoms with Gasteiger partial charge in [0.25, 0.3) is 0 Å². The molecule has 2 aromatic rings. The zero-order chi connectivity index (χ0) is 14.7. The smallest absolute Gasteiger partial charge is 0.161 e. The van der Waals surface area contributed by atoms with Gasteiger partial charge in [-0.3, -0.25) is 0 Å². The Bertz CT molecular complexity index is 614. The average molecular weight is 450 g/mol. The summed E-state index contributed by atoms with van der Waals surface area (Å²) in [4.78, 5) is 9.05. The summed E-state index contributed by atoms with van der Waals surface area (Å²) in [5.74, 6) is 1.04. The highest BCUT2D eigenvalue weighted by Gasteiger charge is 2.13. The largest absolute Gasteiger partial charge is 0.369 e. The molecule has 0 spiro atoms. The van der Waals surface area contributed by atoms with Crippen LogP contribution < -0.4 is 5.32 Å². The monoisotopic (exact) mass is 449 g/mol. The van der Waals surface area contributed by atoms with E-state index in [0.29, 0.717) is 15.9 Å². The van der Waals surface area contributed by atoms with Crippen molar-refractivity contribution in [3.8, 4) is 11.4 Å². The number of benzene rings is 1. The van der Waals surface area contributed by atoms with E-state index in [0.717, 1.165) is 28.0 Å². The highest BCUT2D eigenvalue weighted by Crippen LogP contribution is 2.26. The van der Waals surface area contributed by atoms with E-state index in [1.54, 1.807) is 0 Å². The zero-order valence-electron chi connectivity index (χ0n) is 11.2. The van der Waals surface area contributed by atoms with Crippen molar-refractivity contribution >= 4 is 44.3 Å². The summed E-state index contributed by atoms with van der Waals surface area (Å²) in [5, 5.41) is 3.23. The Labute approximate surface area is 139 Å². The molecule has 0 aliphatic heterocycles. The van der Waals surface area contributed by atoms with Crippen molar-refractivity contribution in [3.05, 3.63) is 37.8 Å². The standard InChI is InChI=1S/C14H14BrFIN3/c1-3-11-12(17)14(18-4-2)20-13(19-11)8-5-9(15)7-10(16)6-8/h5-7H,3-4H2,1-2H3,(H,18,19,20). The van der Waals surface area contributed by atoms with Gasteiger partial charge in [-0.15, -0.1) is 0 Å². The summed E-state index contributed by atoms with van der Waals surface area (Å²) in [6.07, 6.45) is 0.808. The van der Waals surface area contributed by atoms with Crippen molar-refractivity contribution in [2.24, 2.45) is 0 Å². The molecule has 0 amide bonds. The number of rotatable bonds is 4. The van der Waals surface area contributed by atoms with E-state index < -0.39 is 0 Å². The van der Waals surface area contributed by atoms with Crippen LogP contribution in [0.25, 0.3) is 11.4 Å². The number of nitrogens with zero attached hydrogens (tertiary/aromatic N) is 2. The molecule has 0 aliphatic rings. The molecule has 0 fully saturated rings. The Morgan fingerprint density at radius 1 is 1.25 bits per heavy atom. The van der Waals surface area contributed by atoms with Crippen LogP contribution in [0.2, 0.25) is 0 Å². The number of nitrogens with one attached hydrogen (secondary N) is 1. The van der Waals surface area contributed by atoms with Gasteiger partial charge in [0.15, 0.2) is 5.82 Å². The summed E-state index contributed by atoms with van der Waals surface area (Å²) in [5.41, 5.74) is 1.63. The number of aromatic nitrogens is 2. The molecule has 1 aromatic carbocycles. The molecule has 6 heteroatoms. The Morgan fingerprint density at radius 3 is 2.60 bits per heavy atom. The van der Waals surface area contributed by atoms with E-state index in [4.69, 9.17) is 0 Å². The summed E-state index contributed by atoms with van der Waals surface area (Å²) >= 11 is 5.54. The highest BCUT2D eigenvalue weighted by molar-refractivity contribution is 14.1. The van der Waals surface area contributed by atoms with E-state index in [9.17, 15) is 4.39 Å². The Kier molecular flexibility index (Phi) is 5.31. The van der Waals surface area contributed by atoms with Crippen LogP contribution >= 0.6 is 38.5 Å². The maximum absolute atomic E-state index is 13.5. The molecule has 0 unspecified atom stereocenters. The highest BCUT2D eigenvalue weighted by atomic mass is 127. The van der Waals surface area contributed by atoms with Gasteiger partial charge in [0.1, 0.15) is 11.6 Å². The number of halogens is 3. The van der Waals surface area contributed by atoms with E-state index >= 15 is 0 Å². The number of hydrogen-bond acceptors (Lipinski definition) is 3. The van der Waals surface area contributed by atoms with E-state index in [-0.39, 0.29) is 5.82 Å². The van der Waals surface area contributed by atoms with Crippen LogP contribution in [0.5, 0.6) is 0 Å². The van der Waals surface area contributed by atoms with Gasteiger partial charge in [-0.05, 0) is 54.1 Å². The predicted octanol–water partition coefficient (Wildman–Crippen LogP) is 4.64. The molecule has 106 valence electrons. The average Bonchev–Trinajstić information content (AvgIpc) is 2.40. The lowest BCUT2D eigenvalue weighted by Crippen LogP contribution is -2.07. The van der Waals surface area contributed by atoms with Gasteiger partial charge in [0.05, 0.1) is 9.26 Å². The zero-order valence-corrected chi connectivity index (χ0v) is 14.9. The Hall–Kier alpha value is -0.760. The van der Waals surface area contributed by atoms with Crippen molar-refractivity contribution < 1.29 is 4.39 Å². The second-order valence-electron chi connectivity index (χ2n) is 4.20. The molecule has 1 N–H and O–H groups in total. The second kappa shape index (κ2) is 6.80. The third kappa shape index (κ3) is 3.46. The van der Waals surface area contributed by atoms with Crippen molar-refractivity contribution in [2.45, 2.75) is 20.3 Å². The Balaban J connectivity index is 2.58. The van der Waals surface area contributed by atoms with E-state index in [1.807, 2.05) is 19.9 Å². The van der Waals surface area contributed by atoms with Crippen LogP contribution in [0.4, 0.5) is 10.2 Å². The van der Waals surface area contributed by atoms with Gasteiger partial charge in [-0.2, -0.15) is 0 Å². The minimum atomic E-state index is -0.306.